The van der Waals surface area contributed by atoms with Crippen molar-refractivity contribution in [3.05, 3.63) is 30.1 Å². The smallest absolute Gasteiger partial charge is 0.238 e. The van der Waals surface area contributed by atoms with Crippen molar-refractivity contribution in [2.24, 2.45) is 0 Å². The molecule has 116 valence electrons. The number of carbonyl (C=O) groups is 1. The Labute approximate surface area is 124 Å². The van der Waals surface area contributed by atoms with Gasteiger partial charge < -0.3 is 5.32 Å². The van der Waals surface area contributed by atoms with Gasteiger partial charge in [0.2, 0.25) is 5.91 Å². The first-order chi connectivity index (χ1) is 9.93. The second kappa shape index (κ2) is 6.56. The second-order valence-corrected chi connectivity index (χ2v) is 7.70. The minimum atomic E-state index is -4.01. The Bertz CT molecular complexity index is 609. The van der Waals surface area contributed by atoms with Gasteiger partial charge in [-0.15, -0.1) is 0 Å². The van der Waals surface area contributed by atoms with Crippen LogP contribution in [0.15, 0.2) is 29.2 Å². The highest BCUT2D eigenvalue weighted by Gasteiger charge is 2.32. The van der Waals surface area contributed by atoms with Gasteiger partial charge in [0, 0.05) is 6.04 Å². The summed E-state index contributed by atoms with van der Waals surface area (Å²) in [5.41, 5.74) is 0. The summed E-state index contributed by atoms with van der Waals surface area (Å²) in [7, 11) is -4.01. The third kappa shape index (κ3) is 3.61. The van der Waals surface area contributed by atoms with E-state index in [-0.39, 0.29) is 6.04 Å². The van der Waals surface area contributed by atoms with Crippen LogP contribution in [0, 0.1) is 5.82 Å². The Morgan fingerprint density at radius 1 is 1.24 bits per heavy atom. The van der Waals surface area contributed by atoms with Crippen molar-refractivity contribution in [3.8, 4) is 0 Å². The minimum Gasteiger partial charge on any atom is -0.352 e. The molecule has 0 spiro atoms. The van der Waals surface area contributed by atoms with Gasteiger partial charge in [0.1, 0.15) is 16.0 Å². The molecule has 6 heteroatoms. The van der Waals surface area contributed by atoms with Crippen molar-refractivity contribution in [2.75, 3.05) is 0 Å². The molecule has 1 aromatic rings. The fourth-order valence-corrected chi connectivity index (χ4v) is 3.91. The standard InChI is InChI=1S/C15H20FNO3S/c1-11(15(18)17-12-7-3-2-4-8-12)21(19,20)14-10-6-5-9-13(14)16/h5-6,9-12H,2-4,7-8H2,1H3,(H,17,18)/t11-/m1/s1. The Balaban J connectivity index is 2.12. The number of carbonyl (C=O) groups excluding carboxylic acids is 1. The van der Waals surface area contributed by atoms with Gasteiger partial charge in [-0.3, -0.25) is 4.79 Å². The van der Waals surface area contributed by atoms with Crippen LogP contribution in [-0.4, -0.2) is 25.6 Å². The number of sulfone groups is 1. The van der Waals surface area contributed by atoms with Gasteiger partial charge in [-0.2, -0.15) is 0 Å². The Morgan fingerprint density at radius 3 is 2.48 bits per heavy atom. The average molecular weight is 313 g/mol. The fourth-order valence-electron chi connectivity index (χ4n) is 2.57. The van der Waals surface area contributed by atoms with E-state index in [2.05, 4.69) is 5.32 Å². The lowest BCUT2D eigenvalue weighted by molar-refractivity contribution is -0.121. The van der Waals surface area contributed by atoms with Gasteiger partial charge >= 0.3 is 0 Å². The fraction of sp³-hybridized carbons (Fsp3) is 0.533. The van der Waals surface area contributed by atoms with Crippen LogP contribution in [-0.2, 0) is 14.6 Å². The number of hydrogen-bond acceptors (Lipinski definition) is 3. The molecule has 2 rings (SSSR count). The van der Waals surface area contributed by atoms with Crippen molar-refractivity contribution in [2.45, 2.75) is 55.2 Å². The number of rotatable bonds is 4. The zero-order valence-corrected chi connectivity index (χ0v) is 12.8. The van der Waals surface area contributed by atoms with E-state index in [1.165, 1.54) is 25.1 Å². The van der Waals surface area contributed by atoms with E-state index in [4.69, 9.17) is 0 Å². The van der Waals surface area contributed by atoms with Crippen LogP contribution >= 0.6 is 0 Å². The van der Waals surface area contributed by atoms with E-state index >= 15 is 0 Å². The molecule has 1 aromatic carbocycles. The minimum absolute atomic E-state index is 0.0320. The first kappa shape index (κ1) is 15.9. The third-order valence-corrected chi connectivity index (χ3v) is 6.02. The van der Waals surface area contributed by atoms with Crippen LogP contribution < -0.4 is 5.32 Å². The quantitative estimate of drug-likeness (QED) is 0.928. The summed E-state index contributed by atoms with van der Waals surface area (Å²) in [4.78, 5) is 11.7. The van der Waals surface area contributed by atoms with Crippen LogP contribution in [0.5, 0.6) is 0 Å². The van der Waals surface area contributed by atoms with Crippen LogP contribution in [0.4, 0.5) is 4.39 Å². The summed E-state index contributed by atoms with van der Waals surface area (Å²) in [5, 5.41) is 1.48. The van der Waals surface area contributed by atoms with Crippen molar-refractivity contribution < 1.29 is 17.6 Å². The molecule has 0 unspecified atom stereocenters. The zero-order chi connectivity index (χ0) is 15.5. The normalized spacial score (nSPS) is 18.2. The lowest BCUT2D eigenvalue weighted by Gasteiger charge is -2.24. The summed E-state index contributed by atoms with van der Waals surface area (Å²) in [6, 6.07) is 5.17. The Kier molecular flexibility index (Phi) is 4.98. The van der Waals surface area contributed by atoms with Crippen LogP contribution in [0.2, 0.25) is 0 Å². The topological polar surface area (TPSA) is 63.2 Å². The maximum Gasteiger partial charge on any atom is 0.238 e. The monoisotopic (exact) mass is 313 g/mol. The third-order valence-electron chi connectivity index (χ3n) is 3.93. The van der Waals surface area contributed by atoms with Gasteiger partial charge in [-0.1, -0.05) is 31.4 Å². The molecule has 1 aliphatic carbocycles. The molecule has 21 heavy (non-hydrogen) atoms. The summed E-state index contributed by atoms with van der Waals surface area (Å²) < 4.78 is 38.3. The molecule has 1 amide bonds. The van der Waals surface area contributed by atoms with Gasteiger partial charge in [-0.05, 0) is 31.9 Å². The summed E-state index contributed by atoms with van der Waals surface area (Å²) in [6.45, 7) is 1.31. The largest absolute Gasteiger partial charge is 0.352 e. The number of halogens is 1. The molecule has 1 N–H and O–H groups in total. The molecule has 0 heterocycles. The second-order valence-electron chi connectivity index (χ2n) is 5.46. The summed E-state index contributed by atoms with van der Waals surface area (Å²) in [6.07, 6.45) is 4.98. The van der Waals surface area contributed by atoms with Crippen LogP contribution in [0.25, 0.3) is 0 Å². The number of amides is 1. The van der Waals surface area contributed by atoms with Gasteiger partial charge in [-0.25, -0.2) is 12.8 Å². The molecule has 0 radical (unpaired) electrons. The highest BCUT2D eigenvalue weighted by atomic mass is 32.2. The van der Waals surface area contributed by atoms with E-state index in [0.717, 1.165) is 38.2 Å². The van der Waals surface area contributed by atoms with Gasteiger partial charge in [0.25, 0.3) is 0 Å². The van der Waals surface area contributed by atoms with E-state index in [1.54, 1.807) is 0 Å². The molecule has 1 aliphatic rings. The predicted octanol–water partition coefficient (Wildman–Crippen LogP) is 2.44. The maximum absolute atomic E-state index is 13.7. The molecular weight excluding hydrogens is 293 g/mol. The van der Waals surface area contributed by atoms with E-state index in [9.17, 15) is 17.6 Å². The SMILES string of the molecule is C[C@H](C(=O)NC1CCCCC1)S(=O)(=O)c1ccccc1F. The van der Waals surface area contributed by atoms with Crippen LogP contribution in [0.1, 0.15) is 39.0 Å². The van der Waals surface area contributed by atoms with E-state index < -0.39 is 31.7 Å². The van der Waals surface area contributed by atoms with Crippen molar-refractivity contribution in [1.82, 2.24) is 5.32 Å². The van der Waals surface area contributed by atoms with E-state index in [0.29, 0.717) is 0 Å². The summed E-state index contributed by atoms with van der Waals surface area (Å²) in [5.74, 6) is -1.38. The van der Waals surface area contributed by atoms with Crippen LogP contribution in [0.3, 0.4) is 0 Å². The van der Waals surface area contributed by atoms with Gasteiger partial charge in [0.15, 0.2) is 9.84 Å². The number of nitrogens with one attached hydrogen (secondary N) is 1. The molecule has 1 fully saturated rings. The van der Waals surface area contributed by atoms with Crippen molar-refractivity contribution in [1.29, 1.82) is 0 Å². The molecule has 0 aliphatic heterocycles. The molecular formula is C15H20FNO3S. The molecule has 1 saturated carbocycles. The first-order valence-corrected chi connectivity index (χ1v) is 8.76. The zero-order valence-electron chi connectivity index (χ0n) is 12.0. The molecule has 0 bridgehead atoms. The summed E-state index contributed by atoms with van der Waals surface area (Å²) >= 11 is 0. The number of benzene rings is 1. The van der Waals surface area contributed by atoms with Crippen molar-refractivity contribution in [3.63, 3.8) is 0 Å². The number of hydrogen-bond donors (Lipinski definition) is 1. The molecule has 4 nitrogen and oxygen atoms in total. The predicted molar refractivity (Wildman–Crippen MR) is 78.1 cm³/mol. The lowest BCUT2D eigenvalue weighted by Crippen LogP contribution is -2.44. The first-order valence-electron chi connectivity index (χ1n) is 7.21. The highest BCUT2D eigenvalue weighted by Crippen LogP contribution is 2.21. The maximum atomic E-state index is 13.7. The van der Waals surface area contributed by atoms with Gasteiger partial charge in [0.05, 0.1) is 0 Å². The van der Waals surface area contributed by atoms with E-state index in [1.807, 2.05) is 0 Å². The lowest BCUT2D eigenvalue weighted by atomic mass is 9.95. The Hall–Kier alpha value is -1.43. The average Bonchev–Trinajstić information content (AvgIpc) is 2.47. The highest BCUT2D eigenvalue weighted by molar-refractivity contribution is 7.92. The van der Waals surface area contributed by atoms with Crippen molar-refractivity contribution >= 4 is 15.7 Å². The Morgan fingerprint density at radius 2 is 1.86 bits per heavy atom. The molecule has 0 aromatic heterocycles. The molecule has 0 saturated heterocycles. The molecule has 1 atom stereocenters.